The molecule has 5 heteroatoms. The van der Waals surface area contributed by atoms with Gasteiger partial charge in [0.1, 0.15) is 0 Å². The van der Waals surface area contributed by atoms with E-state index in [4.69, 9.17) is 10.5 Å². The number of anilines is 2. The molecule has 0 atom stereocenters. The van der Waals surface area contributed by atoms with Gasteiger partial charge in [-0.3, -0.25) is 4.79 Å². The first-order valence-electron chi connectivity index (χ1n) is 6.90. The van der Waals surface area contributed by atoms with Crippen LogP contribution in [0.5, 0.6) is 0 Å². The van der Waals surface area contributed by atoms with Crippen LogP contribution in [-0.4, -0.2) is 12.6 Å². The molecule has 0 spiro atoms. The summed E-state index contributed by atoms with van der Waals surface area (Å²) in [5.74, 6) is -0.251. The first-order valence-corrected chi connectivity index (χ1v) is 7.78. The summed E-state index contributed by atoms with van der Waals surface area (Å²) in [6.45, 7) is 5.04. The van der Waals surface area contributed by atoms with E-state index in [0.717, 1.165) is 17.8 Å². The highest BCUT2D eigenvalue weighted by Gasteiger charge is 2.08. The lowest BCUT2D eigenvalue weighted by atomic mass is 10.1. The van der Waals surface area contributed by atoms with Crippen LogP contribution in [0.2, 0.25) is 0 Å². The van der Waals surface area contributed by atoms with Crippen LogP contribution in [0, 0.1) is 6.92 Å². The Kier molecular flexibility index (Phi) is 5.22. The normalized spacial score (nSPS) is 10.4. The van der Waals surface area contributed by atoms with Crippen molar-refractivity contribution >= 4 is 28.7 Å². The number of nitrogens with one attached hydrogen (secondary N) is 1. The van der Waals surface area contributed by atoms with Crippen LogP contribution in [0.4, 0.5) is 11.4 Å². The number of nitrogen functional groups attached to an aromatic ring is 1. The summed E-state index contributed by atoms with van der Waals surface area (Å²) in [5.41, 5.74) is 9.63. The molecule has 0 radical (unpaired) electrons. The van der Waals surface area contributed by atoms with Gasteiger partial charge in [-0.15, -0.1) is 11.3 Å². The van der Waals surface area contributed by atoms with Crippen LogP contribution >= 0.6 is 11.3 Å². The van der Waals surface area contributed by atoms with Crippen LogP contribution in [0.1, 0.15) is 22.9 Å². The topological polar surface area (TPSA) is 64.3 Å². The van der Waals surface area contributed by atoms with Gasteiger partial charge in [-0.25, -0.2) is 0 Å². The van der Waals surface area contributed by atoms with E-state index in [2.05, 4.69) is 23.7 Å². The molecular formula is C16H20N2O2S. The number of hydrogen-bond acceptors (Lipinski definition) is 5. The molecule has 2 aromatic rings. The van der Waals surface area contributed by atoms with Crippen molar-refractivity contribution in [3.63, 3.8) is 0 Å². The third-order valence-electron chi connectivity index (χ3n) is 3.04. The predicted molar refractivity (Wildman–Crippen MR) is 87.6 cm³/mol. The maximum atomic E-state index is 11.5. The average Bonchev–Trinajstić information content (AvgIpc) is 2.85. The zero-order valence-corrected chi connectivity index (χ0v) is 13.1. The maximum absolute atomic E-state index is 11.5. The van der Waals surface area contributed by atoms with Gasteiger partial charge in [-0.2, -0.15) is 0 Å². The van der Waals surface area contributed by atoms with Crippen LogP contribution in [-0.2, 0) is 22.5 Å². The molecule has 0 saturated carbocycles. The Hall–Kier alpha value is -2.01. The third-order valence-corrected chi connectivity index (χ3v) is 4.09. The van der Waals surface area contributed by atoms with E-state index >= 15 is 0 Å². The predicted octanol–water partition coefficient (Wildman–Crippen LogP) is 3.36. The zero-order chi connectivity index (χ0) is 15.2. The minimum atomic E-state index is -0.251. The minimum absolute atomic E-state index is 0.212. The lowest BCUT2D eigenvalue weighted by molar-refractivity contribution is -0.142. The van der Waals surface area contributed by atoms with Gasteiger partial charge in [0.05, 0.1) is 13.0 Å². The summed E-state index contributed by atoms with van der Waals surface area (Å²) in [4.78, 5) is 12.7. The summed E-state index contributed by atoms with van der Waals surface area (Å²) in [5, 5.41) is 5.47. The molecule has 1 aromatic heterocycles. The molecule has 1 heterocycles. The zero-order valence-electron chi connectivity index (χ0n) is 12.3. The Bertz CT molecular complexity index is 622. The Morgan fingerprint density at radius 3 is 2.81 bits per heavy atom. The molecule has 0 unspecified atom stereocenters. The summed E-state index contributed by atoms with van der Waals surface area (Å²) in [6, 6.07) is 7.82. The molecular weight excluding hydrogens is 284 g/mol. The van der Waals surface area contributed by atoms with Crippen molar-refractivity contribution in [3.05, 3.63) is 45.6 Å². The first-order chi connectivity index (χ1) is 10.1. The lowest BCUT2D eigenvalue weighted by Crippen LogP contribution is -2.09. The fourth-order valence-electron chi connectivity index (χ4n) is 2.01. The fourth-order valence-corrected chi connectivity index (χ4v) is 2.82. The van der Waals surface area contributed by atoms with Gasteiger partial charge in [0.2, 0.25) is 0 Å². The standard InChI is InChI=1S/C16H20N2O2S/c1-3-20-16(19)7-12-4-5-13(8-15(12)17)18-9-14-6-11(2)10-21-14/h4-6,8,10,18H,3,7,9,17H2,1-2H3. The molecule has 0 saturated heterocycles. The molecule has 0 aliphatic rings. The van der Waals surface area contributed by atoms with E-state index in [0.29, 0.717) is 12.3 Å². The molecule has 0 aliphatic carbocycles. The molecule has 21 heavy (non-hydrogen) atoms. The summed E-state index contributed by atoms with van der Waals surface area (Å²) < 4.78 is 4.93. The van der Waals surface area contributed by atoms with Crippen LogP contribution in [0.25, 0.3) is 0 Å². The number of aryl methyl sites for hydroxylation is 1. The van der Waals surface area contributed by atoms with Crippen LogP contribution in [0.15, 0.2) is 29.6 Å². The van der Waals surface area contributed by atoms with Crippen molar-refractivity contribution in [2.45, 2.75) is 26.8 Å². The van der Waals surface area contributed by atoms with Crippen LogP contribution < -0.4 is 11.1 Å². The molecule has 0 aliphatic heterocycles. The van der Waals surface area contributed by atoms with Gasteiger partial charge in [0.25, 0.3) is 0 Å². The number of esters is 1. The minimum Gasteiger partial charge on any atom is -0.466 e. The van der Waals surface area contributed by atoms with Crippen molar-refractivity contribution in [1.29, 1.82) is 0 Å². The monoisotopic (exact) mass is 304 g/mol. The van der Waals surface area contributed by atoms with E-state index < -0.39 is 0 Å². The smallest absolute Gasteiger partial charge is 0.310 e. The summed E-state index contributed by atoms with van der Waals surface area (Å²) in [6.07, 6.45) is 0.212. The number of hydrogen-bond donors (Lipinski definition) is 2. The summed E-state index contributed by atoms with van der Waals surface area (Å²) in [7, 11) is 0. The number of thiophene rings is 1. The van der Waals surface area contributed by atoms with Gasteiger partial charge >= 0.3 is 5.97 Å². The number of carbonyl (C=O) groups excluding carboxylic acids is 1. The molecule has 0 amide bonds. The Morgan fingerprint density at radius 1 is 1.38 bits per heavy atom. The molecule has 112 valence electrons. The first kappa shape index (κ1) is 15.4. The number of rotatable bonds is 6. The van der Waals surface area contributed by atoms with E-state index in [1.165, 1.54) is 10.4 Å². The van der Waals surface area contributed by atoms with E-state index in [9.17, 15) is 4.79 Å². The average molecular weight is 304 g/mol. The van der Waals surface area contributed by atoms with Gasteiger partial charge in [-0.1, -0.05) is 6.07 Å². The van der Waals surface area contributed by atoms with E-state index in [1.807, 2.05) is 18.2 Å². The number of ether oxygens (including phenoxy) is 1. The second-order valence-electron chi connectivity index (χ2n) is 4.84. The van der Waals surface area contributed by atoms with E-state index in [-0.39, 0.29) is 12.4 Å². The third kappa shape index (κ3) is 4.49. The van der Waals surface area contributed by atoms with Gasteiger partial charge in [0.15, 0.2) is 0 Å². The molecule has 0 fully saturated rings. The van der Waals surface area contributed by atoms with Gasteiger partial charge < -0.3 is 15.8 Å². The van der Waals surface area contributed by atoms with Crippen LogP contribution in [0.3, 0.4) is 0 Å². The molecule has 3 N–H and O–H groups in total. The van der Waals surface area contributed by atoms with Crippen molar-refractivity contribution < 1.29 is 9.53 Å². The van der Waals surface area contributed by atoms with Gasteiger partial charge in [-0.05, 0) is 48.6 Å². The Labute approximate surface area is 128 Å². The highest BCUT2D eigenvalue weighted by Crippen LogP contribution is 2.21. The molecule has 4 nitrogen and oxygen atoms in total. The van der Waals surface area contributed by atoms with Gasteiger partial charge in [0, 0.05) is 22.8 Å². The lowest BCUT2D eigenvalue weighted by Gasteiger charge is -2.09. The highest BCUT2D eigenvalue weighted by molar-refractivity contribution is 7.10. The van der Waals surface area contributed by atoms with E-state index in [1.54, 1.807) is 18.3 Å². The molecule has 2 rings (SSSR count). The second-order valence-corrected chi connectivity index (χ2v) is 5.84. The quantitative estimate of drug-likeness (QED) is 0.634. The maximum Gasteiger partial charge on any atom is 0.310 e. The Morgan fingerprint density at radius 2 is 2.19 bits per heavy atom. The SMILES string of the molecule is CCOC(=O)Cc1ccc(NCc2cc(C)cs2)cc1N. The highest BCUT2D eigenvalue weighted by atomic mass is 32.1. The number of benzene rings is 1. The largest absolute Gasteiger partial charge is 0.466 e. The summed E-state index contributed by atoms with van der Waals surface area (Å²) >= 11 is 1.74. The van der Waals surface area contributed by atoms with Crippen molar-refractivity contribution in [2.24, 2.45) is 0 Å². The van der Waals surface area contributed by atoms with Crippen molar-refractivity contribution in [3.8, 4) is 0 Å². The van der Waals surface area contributed by atoms with Crippen molar-refractivity contribution in [2.75, 3.05) is 17.7 Å². The molecule has 1 aromatic carbocycles. The number of nitrogens with two attached hydrogens (primary N) is 1. The number of carbonyl (C=O) groups is 1. The molecule has 0 bridgehead atoms. The second kappa shape index (κ2) is 7.13. The van der Waals surface area contributed by atoms with Crippen molar-refractivity contribution in [1.82, 2.24) is 0 Å². The Balaban J connectivity index is 1.96. The fraction of sp³-hybridized carbons (Fsp3) is 0.312.